The minimum atomic E-state index is -0.223. The Morgan fingerprint density at radius 1 is 1.59 bits per heavy atom. The van der Waals surface area contributed by atoms with Gasteiger partial charge in [0.05, 0.1) is 0 Å². The van der Waals surface area contributed by atoms with Crippen molar-refractivity contribution in [3.63, 3.8) is 0 Å². The molecule has 1 atom stereocenters. The highest BCUT2D eigenvalue weighted by Crippen LogP contribution is 2.30. The highest BCUT2D eigenvalue weighted by atomic mass is 79.9. The van der Waals surface area contributed by atoms with Gasteiger partial charge < -0.3 is 15.5 Å². The number of halogens is 1. The third kappa shape index (κ3) is 2.19. The average molecular weight is 300 g/mol. The maximum atomic E-state index is 11.6. The van der Waals surface area contributed by atoms with Gasteiger partial charge >= 0.3 is 0 Å². The Bertz CT molecular complexity index is 439. The minimum Gasteiger partial charge on any atom is -0.372 e. The van der Waals surface area contributed by atoms with E-state index in [2.05, 4.69) is 36.5 Å². The van der Waals surface area contributed by atoms with Crippen LogP contribution in [-0.4, -0.2) is 42.1 Å². The van der Waals surface area contributed by atoms with Gasteiger partial charge in [0.25, 0.3) is 0 Å². The summed E-state index contributed by atoms with van der Waals surface area (Å²) in [6.07, 6.45) is 1.49. The van der Waals surface area contributed by atoms with Crippen LogP contribution in [0.3, 0.4) is 0 Å². The van der Waals surface area contributed by atoms with E-state index in [4.69, 9.17) is 0 Å². The van der Waals surface area contributed by atoms with Gasteiger partial charge in [-0.1, -0.05) is 0 Å². The topological polar surface area (TPSA) is 70.2 Å². The van der Waals surface area contributed by atoms with Crippen LogP contribution in [-0.2, 0) is 4.79 Å². The van der Waals surface area contributed by atoms with Gasteiger partial charge in [0.15, 0.2) is 0 Å². The normalized spacial score (nSPS) is 20.1. The summed E-state index contributed by atoms with van der Waals surface area (Å²) in [5.74, 6) is 1.48. The fourth-order valence-corrected chi connectivity index (χ4v) is 2.44. The largest absolute Gasteiger partial charge is 0.372 e. The van der Waals surface area contributed by atoms with Gasteiger partial charge in [0.2, 0.25) is 5.91 Å². The number of rotatable bonds is 2. The van der Waals surface area contributed by atoms with Crippen molar-refractivity contribution in [2.75, 3.05) is 30.4 Å². The number of nitrogens with one attached hydrogen (secondary N) is 2. The van der Waals surface area contributed by atoms with Crippen LogP contribution in [0.1, 0.15) is 6.92 Å². The Labute approximate surface area is 108 Å². The first-order chi connectivity index (χ1) is 8.15. The van der Waals surface area contributed by atoms with Gasteiger partial charge in [-0.2, -0.15) is 0 Å². The van der Waals surface area contributed by atoms with E-state index in [1.165, 1.54) is 6.33 Å². The lowest BCUT2D eigenvalue weighted by Gasteiger charge is -2.34. The van der Waals surface area contributed by atoms with Crippen molar-refractivity contribution in [1.29, 1.82) is 0 Å². The van der Waals surface area contributed by atoms with Crippen molar-refractivity contribution in [1.82, 2.24) is 15.3 Å². The minimum absolute atomic E-state index is 0.0211. The summed E-state index contributed by atoms with van der Waals surface area (Å²) in [6.45, 7) is 3.24. The van der Waals surface area contributed by atoms with Crippen LogP contribution in [0.2, 0.25) is 0 Å². The van der Waals surface area contributed by atoms with Crippen molar-refractivity contribution in [3.8, 4) is 0 Å². The Balaban J connectivity index is 2.36. The van der Waals surface area contributed by atoms with Gasteiger partial charge in [0, 0.05) is 20.1 Å². The van der Waals surface area contributed by atoms with E-state index < -0.39 is 0 Å². The molecule has 1 aromatic heterocycles. The number of hydrogen-bond donors (Lipinski definition) is 2. The van der Waals surface area contributed by atoms with Crippen LogP contribution in [0.25, 0.3) is 0 Å². The maximum Gasteiger partial charge on any atom is 0.242 e. The molecule has 1 aromatic rings. The summed E-state index contributed by atoms with van der Waals surface area (Å²) >= 11 is 3.46. The summed E-state index contributed by atoms with van der Waals surface area (Å²) < 4.78 is 0.782. The number of carbonyl (C=O) groups is 1. The van der Waals surface area contributed by atoms with Crippen LogP contribution in [0.5, 0.6) is 0 Å². The number of amides is 1. The molecule has 1 amide bonds. The number of nitrogens with zero attached hydrogens (tertiary/aromatic N) is 3. The molecule has 7 heteroatoms. The van der Waals surface area contributed by atoms with Gasteiger partial charge in [-0.3, -0.25) is 4.79 Å². The quantitative estimate of drug-likeness (QED) is 0.837. The van der Waals surface area contributed by atoms with E-state index in [1.54, 1.807) is 7.05 Å². The first-order valence-corrected chi connectivity index (χ1v) is 6.17. The Kier molecular flexibility index (Phi) is 3.46. The fraction of sp³-hybridized carbons (Fsp3) is 0.500. The van der Waals surface area contributed by atoms with E-state index in [-0.39, 0.29) is 11.9 Å². The average Bonchev–Trinajstić information content (AvgIpc) is 2.33. The van der Waals surface area contributed by atoms with E-state index in [9.17, 15) is 4.79 Å². The second-order valence-electron chi connectivity index (χ2n) is 3.77. The molecule has 0 radical (unpaired) electrons. The summed E-state index contributed by atoms with van der Waals surface area (Å²) in [6, 6.07) is -0.223. The second-order valence-corrected chi connectivity index (χ2v) is 4.56. The molecule has 1 aliphatic rings. The molecule has 0 aromatic carbocycles. The van der Waals surface area contributed by atoms with Crippen LogP contribution in [0, 0.1) is 0 Å². The number of carbonyl (C=O) groups excluding carboxylic acids is 1. The van der Waals surface area contributed by atoms with Crippen LogP contribution < -0.4 is 15.5 Å². The number of anilines is 2. The zero-order chi connectivity index (χ0) is 12.4. The predicted molar refractivity (Wildman–Crippen MR) is 69.1 cm³/mol. The van der Waals surface area contributed by atoms with Gasteiger partial charge in [0.1, 0.15) is 28.5 Å². The lowest BCUT2D eigenvalue weighted by molar-refractivity contribution is -0.122. The molecule has 0 bridgehead atoms. The molecule has 1 fully saturated rings. The molecule has 1 saturated heterocycles. The molecule has 17 heavy (non-hydrogen) atoms. The molecule has 1 unspecified atom stereocenters. The summed E-state index contributed by atoms with van der Waals surface area (Å²) in [5, 5.41) is 5.80. The standard InChI is InChI=1S/C10H14BrN5O/c1-6-10(17)13-3-4-16(6)9-7(11)8(12-2)14-5-15-9/h5-6H,3-4H2,1-2H3,(H,13,17)(H,12,14,15). The predicted octanol–water partition coefficient (Wildman–Crippen LogP) is 0.606. The number of hydrogen-bond acceptors (Lipinski definition) is 5. The highest BCUT2D eigenvalue weighted by molar-refractivity contribution is 9.10. The smallest absolute Gasteiger partial charge is 0.242 e. The Morgan fingerprint density at radius 3 is 3.06 bits per heavy atom. The van der Waals surface area contributed by atoms with Gasteiger partial charge in [-0.25, -0.2) is 9.97 Å². The zero-order valence-electron chi connectivity index (χ0n) is 9.70. The van der Waals surface area contributed by atoms with Gasteiger partial charge in [-0.15, -0.1) is 0 Å². The third-order valence-corrected chi connectivity index (χ3v) is 3.51. The summed E-state index contributed by atoms with van der Waals surface area (Å²) in [4.78, 5) is 21.9. The van der Waals surface area contributed by atoms with E-state index in [1.807, 2.05) is 11.8 Å². The fourth-order valence-electron chi connectivity index (χ4n) is 1.81. The van der Waals surface area contributed by atoms with Crippen molar-refractivity contribution in [2.45, 2.75) is 13.0 Å². The van der Waals surface area contributed by atoms with Crippen molar-refractivity contribution in [2.24, 2.45) is 0 Å². The van der Waals surface area contributed by atoms with E-state index in [0.29, 0.717) is 12.4 Å². The number of aromatic nitrogens is 2. The molecule has 2 heterocycles. The Morgan fingerprint density at radius 2 is 2.35 bits per heavy atom. The first-order valence-electron chi connectivity index (χ1n) is 5.37. The third-order valence-electron chi connectivity index (χ3n) is 2.78. The molecule has 2 N–H and O–H groups in total. The van der Waals surface area contributed by atoms with E-state index >= 15 is 0 Å². The first kappa shape index (κ1) is 12.1. The molecule has 0 spiro atoms. The van der Waals surface area contributed by atoms with E-state index in [0.717, 1.165) is 16.8 Å². The molecule has 6 nitrogen and oxygen atoms in total. The lowest BCUT2D eigenvalue weighted by atomic mass is 10.2. The van der Waals surface area contributed by atoms with Crippen molar-refractivity contribution < 1.29 is 4.79 Å². The lowest BCUT2D eigenvalue weighted by Crippen LogP contribution is -2.54. The molecule has 2 rings (SSSR count). The zero-order valence-corrected chi connectivity index (χ0v) is 11.3. The maximum absolute atomic E-state index is 11.6. The SMILES string of the molecule is CNc1ncnc(N2CCNC(=O)C2C)c1Br. The van der Waals surface area contributed by atoms with Gasteiger partial charge in [-0.05, 0) is 22.9 Å². The molecule has 1 aliphatic heterocycles. The number of piperazine rings is 1. The monoisotopic (exact) mass is 299 g/mol. The van der Waals surface area contributed by atoms with Crippen molar-refractivity contribution in [3.05, 3.63) is 10.8 Å². The van der Waals surface area contributed by atoms with Crippen LogP contribution in [0.4, 0.5) is 11.6 Å². The molecular formula is C10H14BrN5O. The molecular weight excluding hydrogens is 286 g/mol. The summed E-state index contributed by atoms with van der Waals surface area (Å²) in [5.41, 5.74) is 0. The van der Waals surface area contributed by atoms with Crippen molar-refractivity contribution >= 4 is 33.5 Å². The molecule has 0 aliphatic carbocycles. The van der Waals surface area contributed by atoms with Crippen LogP contribution >= 0.6 is 15.9 Å². The molecule has 0 saturated carbocycles. The Hall–Kier alpha value is -1.37. The summed E-state index contributed by atoms with van der Waals surface area (Å²) in [7, 11) is 1.79. The second kappa shape index (κ2) is 4.87. The molecule has 92 valence electrons. The highest BCUT2D eigenvalue weighted by Gasteiger charge is 2.28. The van der Waals surface area contributed by atoms with Crippen LogP contribution in [0.15, 0.2) is 10.8 Å².